The number of alkyl carbamates (subject to hydrolysis) is 1. The highest BCUT2D eigenvalue weighted by Crippen LogP contribution is 2.04. The van der Waals surface area contributed by atoms with Crippen LogP contribution in [0.15, 0.2) is 42.1 Å². The number of esters is 1. The lowest BCUT2D eigenvalue weighted by Crippen LogP contribution is -2.28. The predicted octanol–water partition coefficient (Wildman–Crippen LogP) is 2.42. The summed E-state index contributed by atoms with van der Waals surface area (Å²) < 4.78 is 9.61. The molecule has 24 heavy (non-hydrogen) atoms. The van der Waals surface area contributed by atoms with Gasteiger partial charge in [0.25, 0.3) is 0 Å². The van der Waals surface area contributed by atoms with Gasteiger partial charge < -0.3 is 9.47 Å². The van der Waals surface area contributed by atoms with Crippen LogP contribution in [-0.4, -0.2) is 30.6 Å². The van der Waals surface area contributed by atoms with Crippen molar-refractivity contribution >= 4 is 12.1 Å². The van der Waals surface area contributed by atoms with Crippen LogP contribution in [0.1, 0.15) is 24.8 Å². The molecule has 0 radical (unpaired) electrons. The molecular formula is C16H20N2O6. The maximum Gasteiger partial charge on any atom is 0.412 e. The number of nitro groups is 1. The quantitative estimate of drug-likeness (QED) is 0.244. The van der Waals surface area contributed by atoms with E-state index < -0.39 is 17.0 Å². The van der Waals surface area contributed by atoms with Crippen LogP contribution in [0.5, 0.6) is 0 Å². The summed E-state index contributed by atoms with van der Waals surface area (Å²) in [4.78, 5) is 33.2. The van der Waals surface area contributed by atoms with Crippen molar-refractivity contribution in [3.8, 4) is 0 Å². The van der Waals surface area contributed by atoms with Gasteiger partial charge >= 0.3 is 12.1 Å². The molecule has 1 aromatic carbocycles. The standard InChI is InChI=1S/C16H20N2O6/c1-23-15(19)14(10-6-3-7-11-18(21)22)17-16(20)24-12-13-8-4-2-5-9-13/h2,4-5,8-10H,3,6-7,11-12H2,1H3,(H,17,20)/b14-10-. The number of unbranched alkanes of at least 4 members (excludes halogenated alkanes) is 2. The summed E-state index contributed by atoms with van der Waals surface area (Å²) in [5.74, 6) is -0.707. The fourth-order valence-electron chi connectivity index (χ4n) is 1.80. The first kappa shape index (κ1) is 19.1. The van der Waals surface area contributed by atoms with Gasteiger partial charge in [-0.2, -0.15) is 0 Å². The maximum atomic E-state index is 11.8. The van der Waals surface area contributed by atoms with Crippen molar-refractivity contribution in [2.75, 3.05) is 13.7 Å². The Morgan fingerprint density at radius 1 is 1.25 bits per heavy atom. The van der Waals surface area contributed by atoms with E-state index in [2.05, 4.69) is 10.1 Å². The number of carbonyl (C=O) groups is 2. The van der Waals surface area contributed by atoms with Crippen LogP contribution in [-0.2, 0) is 20.9 Å². The second kappa shape index (κ2) is 10.8. The van der Waals surface area contributed by atoms with Gasteiger partial charge in [0.15, 0.2) is 0 Å². The third-order valence-electron chi connectivity index (χ3n) is 3.00. The smallest absolute Gasteiger partial charge is 0.412 e. The second-order valence-electron chi connectivity index (χ2n) is 4.85. The Bertz CT molecular complexity index is 585. The number of methoxy groups -OCH3 is 1. The molecule has 0 saturated heterocycles. The molecule has 0 fully saturated rings. The van der Waals surface area contributed by atoms with E-state index in [0.29, 0.717) is 19.3 Å². The van der Waals surface area contributed by atoms with Crippen molar-refractivity contribution in [2.24, 2.45) is 0 Å². The van der Waals surface area contributed by atoms with Crippen LogP contribution < -0.4 is 5.32 Å². The Morgan fingerprint density at radius 2 is 1.96 bits per heavy atom. The van der Waals surface area contributed by atoms with Crippen LogP contribution in [0.25, 0.3) is 0 Å². The van der Waals surface area contributed by atoms with E-state index in [1.807, 2.05) is 18.2 Å². The molecule has 1 rings (SSSR count). The van der Waals surface area contributed by atoms with Gasteiger partial charge in [0.2, 0.25) is 6.54 Å². The molecule has 1 N–H and O–H groups in total. The highest BCUT2D eigenvalue weighted by molar-refractivity contribution is 5.92. The first-order chi connectivity index (χ1) is 11.5. The van der Waals surface area contributed by atoms with Gasteiger partial charge in [-0.15, -0.1) is 0 Å². The molecule has 0 bridgehead atoms. The highest BCUT2D eigenvalue weighted by atomic mass is 16.6. The molecule has 0 saturated carbocycles. The zero-order valence-electron chi connectivity index (χ0n) is 13.4. The lowest BCUT2D eigenvalue weighted by molar-refractivity contribution is -0.480. The van der Waals surface area contributed by atoms with Gasteiger partial charge in [-0.25, -0.2) is 9.59 Å². The minimum atomic E-state index is -0.777. The van der Waals surface area contributed by atoms with E-state index in [9.17, 15) is 19.7 Å². The first-order valence-electron chi connectivity index (χ1n) is 7.41. The molecule has 0 heterocycles. The minimum absolute atomic E-state index is 0.0448. The number of allylic oxidation sites excluding steroid dienone is 1. The van der Waals surface area contributed by atoms with Crippen molar-refractivity contribution in [3.05, 3.63) is 57.8 Å². The van der Waals surface area contributed by atoms with Crippen molar-refractivity contribution < 1.29 is 24.0 Å². The van der Waals surface area contributed by atoms with Gasteiger partial charge in [-0.1, -0.05) is 36.4 Å². The van der Waals surface area contributed by atoms with E-state index in [4.69, 9.17) is 4.74 Å². The SMILES string of the molecule is COC(=O)/C(=C/CCCC[N+](=O)[O-])NC(=O)OCc1ccccc1. The number of hydrogen-bond acceptors (Lipinski definition) is 6. The molecule has 0 aliphatic carbocycles. The summed E-state index contributed by atoms with van der Waals surface area (Å²) in [6.07, 6.45) is 1.99. The molecule has 0 aromatic heterocycles. The van der Waals surface area contributed by atoms with E-state index in [0.717, 1.165) is 5.56 Å². The third kappa shape index (κ3) is 7.92. The van der Waals surface area contributed by atoms with Crippen LogP contribution in [0.4, 0.5) is 4.79 Å². The first-order valence-corrected chi connectivity index (χ1v) is 7.41. The zero-order valence-corrected chi connectivity index (χ0v) is 13.4. The molecule has 1 amide bonds. The van der Waals surface area contributed by atoms with Crippen molar-refractivity contribution in [1.82, 2.24) is 5.32 Å². The average Bonchev–Trinajstić information content (AvgIpc) is 2.58. The minimum Gasteiger partial charge on any atom is -0.464 e. The number of ether oxygens (including phenoxy) is 2. The molecule has 0 aliphatic rings. The monoisotopic (exact) mass is 336 g/mol. The number of rotatable bonds is 9. The lowest BCUT2D eigenvalue weighted by atomic mass is 10.2. The summed E-state index contributed by atoms with van der Waals surface area (Å²) >= 11 is 0. The molecule has 0 unspecified atom stereocenters. The molecule has 0 spiro atoms. The summed E-state index contributed by atoms with van der Waals surface area (Å²) in [6.45, 7) is -0.0576. The second-order valence-corrected chi connectivity index (χ2v) is 4.85. The summed E-state index contributed by atoms with van der Waals surface area (Å²) in [5, 5.41) is 12.6. The fraction of sp³-hybridized carbons (Fsp3) is 0.375. The number of carbonyl (C=O) groups excluding carboxylic acids is 2. The van der Waals surface area contributed by atoms with Gasteiger partial charge in [0.05, 0.1) is 7.11 Å². The van der Waals surface area contributed by atoms with Crippen molar-refractivity contribution in [2.45, 2.75) is 25.9 Å². The summed E-state index contributed by atoms with van der Waals surface area (Å²) in [6, 6.07) is 9.10. The van der Waals surface area contributed by atoms with E-state index in [1.165, 1.54) is 13.2 Å². The molecule has 0 atom stereocenters. The number of nitrogens with zero attached hydrogens (tertiary/aromatic N) is 1. The number of benzene rings is 1. The predicted molar refractivity (Wildman–Crippen MR) is 85.6 cm³/mol. The molecule has 8 nitrogen and oxygen atoms in total. The van der Waals surface area contributed by atoms with Crippen LogP contribution in [0.2, 0.25) is 0 Å². The van der Waals surface area contributed by atoms with Gasteiger partial charge in [-0.3, -0.25) is 15.4 Å². The van der Waals surface area contributed by atoms with E-state index >= 15 is 0 Å². The Hall–Kier alpha value is -2.90. The normalized spacial score (nSPS) is 10.8. The molecule has 0 aliphatic heterocycles. The van der Waals surface area contributed by atoms with Crippen molar-refractivity contribution in [1.29, 1.82) is 0 Å². The maximum absolute atomic E-state index is 11.8. The summed E-state index contributed by atoms with van der Waals surface area (Å²) in [7, 11) is 1.19. The number of hydrogen-bond donors (Lipinski definition) is 1. The Kier molecular flexibility index (Phi) is 8.59. The van der Waals surface area contributed by atoms with Gasteiger partial charge in [0, 0.05) is 11.3 Å². The van der Waals surface area contributed by atoms with Gasteiger partial charge in [-0.05, 0) is 18.4 Å². The molecule has 8 heteroatoms. The fourth-order valence-corrected chi connectivity index (χ4v) is 1.80. The lowest BCUT2D eigenvalue weighted by Gasteiger charge is -2.09. The van der Waals surface area contributed by atoms with Crippen LogP contribution in [0, 0.1) is 10.1 Å². The number of amides is 1. The zero-order chi connectivity index (χ0) is 17.8. The Labute approximate surface area is 139 Å². The topological polar surface area (TPSA) is 108 Å². The van der Waals surface area contributed by atoms with E-state index in [-0.39, 0.29) is 18.8 Å². The third-order valence-corrected chi connectivity index (χ3v) is 3.00. The van der Waals surface area contributed by atoms with E-state index in [1.54, 1.807) is 12.1 Å². The van der Waals surface area contributed by atoms with Crippen LogP contribution >= 0.6 is 0 Å². The number of nitrogens with one attached hydrogen (secondary N) is 1. The molecule has 130 valence electrons. The largest absolute Gasteiger partial charge is 0.464 e. The Morgan fingerprint density at radius 3 is 2.58 bits per heavy atom. The van der Waals surface area contributed by atoms with Gasteiger partial charge in [0.1, 0.15) is 12.3 Å². The molecule has 1 aromatic rings. The molecular weight excluding hydrogens is 316 g/mol. The van der Waals surface area contributed by atoms with Crippen LogP contribution in [0.3, 0.4) is 0 Å². The van der Waals surface area contributed by atoms with Crippen molar-refractivity contribution in [3.63, 3.8) is 0 Å². The Balaban J connectivity index is 2.47. The summed E-state index contributed by atoms with van der Waals surface area (Å²) in [5.41, 5.74) is 0.771. The average molecular weight is 336 g/mol. The highest BCUT2D eigenvalue weighted by Gasteiger charge is 2.14.